The lowest BCUT2D eigenvalue weighted by atomic mass is 9.65. The van der Waals surface area contributed by atoms with Gasteiger partial charge >= 0.3 is 6.03 Å². The van der Waals surface area contributed by atoms with Crippen LogP contribution in [-0.4, -0.2) is 46.1 Å². The largest absolute Gasteiger partial charge is 0.381 e. The molecule has 8 aliphatic rings. The molecule has 2 aromatic rings. The third kappa shape index (κ3) is 6.18. The summed E-state index contributed by atoms with van der Waals surface area (Å²) in [6, 6.07) is 2.93. The van der Waals surface area contributed by atoms with E-state index in [9.17, 15) is 9.59 Å². The van der Waals surface area contributed by atoms with Gasteiger partial charge in [0, 0.05) is 25.0 Å². The highest BCUT2D eigenvalue weighted by Gasteiger charge is 2.53. The van der Waals surface area contributed by atoms with Crippen LogP contribution in [0.4, 0.5) is 16.4 Å². The van der Waals surface area contributed by atoms with Crippen LogP contribution >= 0.6 is 0 Å². The molecule has 8 bridgehead atoms. The SMILES string of the molecule is C.Nc1ccon1.O=C(Nc1ccon1)NC12CC3CC(CC(C3)O1)C2.O=C=NC12CC3CC(CC(C3)O1)C2. The summed E-state index contributed by atoms with van der Waals surface area (Å²) >= 11 is 0. The van der Waals surface area contributed by atoms with Crippen LogP contribution in [0.5, 0.6) is 0 Å². The van der Waals surface area contributed by atoms with E-state index in [1.807, 2.05) is 0 Å². The second-order valence-electron chi connectivity index (χ2n) is 11.7. The number of hydrogen-bond acceptors (Lipinski definition) is 10. The molecular formula is C27H38N6O6. The molecule has 2 aromatic heterocycles. The number of aromatic nitrogens is 2. The van der Waals surface area contributed by atoms with Crippen LogP contribution < -0.4 is 16.4 Å². The molecule has 8 fully saturated rings. The number of aliphatic imine (C=N–C) groups is 1. The second kappa shape index (κ2) is 11.1. The quantitative estimate of drug-likeness (QED) is 0.370. The lowest BCUT2D eigenvalue weighted by Gasteiger charge is -2.56. The Balaban J connectivity index is 0.000000133. The van der Waals surface area contributed by atoms with Gasteiger partial charge in [0.05, 0.1) is 12.2 Å². The summed E-state index contributed by atoms with van der Waals surface area (Å²) < 4.78 is 20.9. The van der Waals surface area contributed by atoms with Gasteiger partial charge in [-0.2, -0.15) is 4.99 Å². The van der Waals surface area contributed by atoms with Gasteiger partial charge in [0.25, 0.3) is 0 Å². The fourth-order valence-corrected chi connectivity index (χ4v) is 7.88. The number of amides is 2. The van der Waals surface area contributed by atoms with Crippen molar-refractivity contribution >= 4 is 23.7 Å². The molecule has 0 radical (unpaired) electrons. The molecule has 4 N–H and O–H groups in total. The normalized spacial score (nSPS) is 37.7. The maximum absolute atomic E-state index is 12.0. The Morgan fingerprint density at radius 1 is 0.897 bits per heavy atom. The Labute approximate surface area is 227 Å². The van der Waals surface area contributed by atoms with Crippen molar-refractivity contribution in [2.45, 2.75) is 95.3 Å². The Morgan fingerprint density at radius 3 is 1.95 bits per heavy atom. The molecule has 10 rings (SSSR count). The first kappa shape index (κ1) is 27.4. The maximum atomic E-state index is 12.0. The number of carbonyl (C=O) groups excluding carboxylic acids is 2. The number of nitrogens with one attached hydrogen (secondary N) is 2. The molecule has 12 heteroatoms. The van der Waals surface area contributed by atoms with Crippen molar-refractivity contribution < 1.29 is 28.1 Å². The molecule has 4 atom stereocenters. The molecule has 4 saturated heterocycles. The monoisotopic (exact) mass is 542 g/mol. The van der Waals surface area contributed by atoms with Crippen LogP contribution in [0.15, 0.2) is 38.7 Å². The third-order valence-corrected chi connectivity index (χ3v) is 8.68. The van der Waals surface area contributed by atoms with E-state index in [1.165, 1.54) is 38.2 Å². The number of ether oxygens (including phenoxy) is 2. The number of nitrogens with two attached hydrogens (primary N) is 1. The molecule has 4 saturated carbocycles. The average Bonchev–Trinajstić information content (AvgIpc) is 3.51. The van der Waals surface area contributed by atoms with E-state index in [-0.39, 0.29) is 13.5 Å². The van der Waals surface area contributed by atoms with Gasteiger partial charge in [-0.3, -0.25) is 5.32 Å². The van der Waals surface area contributed by atoms with E-state index in [4.69, 9.17) is 15.2 Å². The van der Waals surface area contributed by atoms with Crippen molar-refractivity contribution in [1.82, 2.24) is 15.6 Å². The number of hydrogen-bond donors (Lipinski definition) is 3. The standard InChI is InChI=1S/C13H17N3O3.C10H13NO2.C3H4N2O.CH4/c17-12(14-11-1-2-18-16-11)15-13-6-8-3-9(7-13)5-10(4-8)19-13;12-6-11-10-4-7-1-8(5-10)3-9(2-7)13-10;4-3-1-2-6-5-3;/h1-2,8-10H,3-7H2,(H2,14,15,16,17);7-9H,1-5H2;1-2H,(H2,4,5);1H4. The first-order valence-electron chi connectivity index (χ1n) is 13.5. The van der Waals surface area contributed by atoms with Gasteiger partial charge in [-0.1, -0.05) is 17.7 Å². The van der Waals surface area contributed by atoms with Crippen molar-refractivity contribution in [3.8, 4) is 0 Å². The third-order valence-electron chi connectivity index (χ3n) is 8.68. The van der Waals surface area contributed by atoms with Crippen molar-refractivity contribution in [3.05, 3.63) is 24.7 Å². The van der Waals surface area contributed by atoms with Crippen LogP contribution in [-0.2, 0) is 14.3 Å². The second-order valence-corrected chi connectivity index (χ2v) is 11.7. The predicted octanol–water partition coefficient (Wildman–Crippen LogP) is 4.62. The molecular weight excluding hydrogens is 504 g/mol. The summed E-state index contributed by atoms with van der Waals surface area (Å²) in [5, 5.41) is 12.7. The summed E-state index contributed by atoms with van der Waals surface area (Å²) in [5.41, 5.74) is 4.17. The maximum Gasteiger partial charge on any atom is 0.322 e. The van der Waals surface area contributed by atoms with Crippen molar-refractivity contribution in [2.24, 2.45) is 28.7 Å². The van der Waals surface area contributed by atoms with E-state index >= 15 is 0 Å². The fraction of sp³-hybridized carbons (Fsp3) is 0.704. The first-order valence-corrected chi connectivity index (χ1v) is 13.5. The van der Waals surface area contributed by atoms with Crippen LogP contribution in [0, 0.1) is 23.7 Å². The van der Waals surface area contributed by atoms with Gasteiger partial charge in [0.2, 0.25) is 6.08 Å². The first-order chi connectivity index (χ1) is 18.4. The van der Waals surface area contributed by atoms with Crippen molar-refractivity contribution in [2.75, 3.05) is 11.1 Å². The number of nitrogen functional groups attached to an aromatic ring is 1. The molecule has 12 nitrogen and oxygen atoms in total. The van der Waals surface area contributed by atoms with Crippen LogP contribution in [0.3, 0.4) is 0 Å². The lowest BCUT2D eigenvalue weighted by molar-refractivity contribution is -0.227. The molecule has 39 heavy (non-hydrogen) atoms. The number of carbonyl (C=O) groups is 1. The average molecular weight is 543 g/mol. The zero-order valence-corrected chi connectivity index (χ0v) is 21.2. The minimum atomic E-state index is -0.456. The van der Waals surface area contributed by atoms with E-state index < -0.39 is 11.4 Å². The Kier molecular flexibility index (Phi) is 7.80. The molecule has 4 aliphatic heterocycles. The fourth-order valence-electron chi connectivity index (χ4n) is 7.88. The van der Waals surface area contributed by atoms with E-state index in [1.54, 1.807) is 18.2 Å². The zero-order chi connectivity index (χ0) is 26.2. The molecule has 212 valence electrons. The minimum Gasteiger partial charge on any atom is -0.381 e. The van der Waals surface area contributed by atoms with Gasteiger partial charge in [-0.05, 0) is 75.0 Å². The Morgan fingerprint density at radius 2 is 1.49 bits per heavy atom. The van der Waals surface area contributed by atoms with E-state index in [0.717, 1.165) is 50.4 Å². The molecule has 4 aliphatic carbocycles. The van der Waals surface area contributed by atoms with E-state index in [2.05, 4.69) is 35.0 Å². The summed E-state index contributed by atoms with van der Waals surface area (Å²) in [6.07, 6.45) is 16.3. The smallest absolute Gasteiger partial charge is 0.322 e. The number of rotatable bonds is 3. The van der Waals surface area contributed by atoms with Gasteiger partial charge in [-0.25, -0.2) is 9.59 Å². The molecule has 4 unspecified atom stereocenters. The van der Waals surface area contributed by atoms with Crippen LogP contribution in [0.2, 0.25) is 0 Å². The summed E-state index contributed by atoms with van der Waals surface area (Å²) in [7, 11) is 0. The van der Waals surface area contributed by atoms with Gasteiger partial charge in [-0.15, -0.1) is 0 Å². The predicted molar refractivity (Wildman–Crippen MR) is 140 cm³/mol. The molecule has 0 spiro atoms. The van der Waals surface area contributed by atoms with Crippen LogP contribution in [0.25, 0.3) is 0 Å². The Bertz CT molecular complexity index is 1080. The molecule has 6 heterocycles. The van der Waals surface area contributed by atoms with Gasteiger partial charge in [0.1, 0.15) is 18.3 Å². The summed E-state index contributed by atoms with van der Waals surface area (Å²) in [5.74, 6) is 3.76. The highest BCUT2D eigenvalue weighted by molar-refractivity contribution is 5.88. The highest BCUT2D eigenvalue weighted by atomic mass is 16.5. The topological polar surface area (TPSA) is 167 Å². The van der Waals surface area contributed by atoms with E-state index in [0.29, 0.717) is 35.7 Å². The number of urea groups is 1. The summed E-state index contributed by atoms with van der Waals surface area (Å²) in [6.45, 7) is 0. The number of anilines is 2. The van der Waals surface area contributed by atoms with Crippen molar-refractivity contribution in [3.63, 3.8) is 0 Å². The Hall–Kier alpha value is -3.21. The van der Waals surface area contributed by atoms with Gasteiger partial charge < -0.3 is 29.6 Å². The zero-order valence-electron chi connectivity index (χ0n) is 21.2. The summed E-state index contributed by atoms with van der Waals surface area (Å²) in [4.78, 5) is 26.2. The van der Waals surface area contributed by atoms with Gasteiger partial charge in [0.15, 0.2) is 17.4 Å². The lowest BCUT2D eigenvalue weighted by Crippen LogP contribution is -2.63. The molecule has 0 aromatic carbocycles. The van der Waals surface area contributed by atoms with Crippen molar-refractivity contribution in [1.29, 1.82) is 0 Å². The number of isocyanates is 1. The molecule has 2 amide bonds. The van der Waals surface area contributed by atoms with Crippen LogP contribution in [0.1, 0.15) is 71.6 Å². The minimum absolute atomic E-state index is 0. The highest BCUT2D eigenvalue weighted by Crippen LogP contribution is 2.53. The number of nitrogens with zero attached hydrogens (tertiary/aromatic N) is 3.